The molecule has 1 atom stereocenters. The molecule has 0 aliphatic rings. The fourth-order valence-corrected chi connectivity index (χ4v) is 2.59. The molecule has 0 amide bonds. The summed E-state index contributed by atoms with van der Waals surface area (Å²) in [6.07, 6.45) is 2.82. The standard InChI is InChI=1S/C20H24FNO/c1-2-3-12-19(23)16-22(14-17-9-5-4-6-10-17)15-18-11-7-8-13-20(18)21/h2,4-11,13,19,23H,1,3,12,14-16H2/t19-/m1/s1. The van der Waals surface area contributed by atoms with Gasteiger partial charge in [0.05, 0.1) is 6.10 Å². The van der Waals surface area contributed by atoms with E-state index in [1.807, 2.05) is 42.5 Å². The second-order valence-electron chi connectivity index (χ2n) is 5.77. The van der Waals surface area contributed by atoms with Gasteiger partial charge in [-0.2, -0.15) is 0 Å². The van der Waals surface area contributed by atoms with Crippen LogP contribution in [-0.4, -0.2) is 22.7 Å². The Balaban J connectivity index is 2.07. The van der Waals surface area contributed by atoms with Crippen LogP contribution in [0.1, 0.15) is 24.0 Å². The fourth-order valence-electron chi connectivity index (χ4n) is 2.59. The van der Waals surface area contributed by atoms with Crippen LogP contribution in [0, 0.1) is 5.82 Å². The Morgan fingerprint density at radius 1 is 1.04 bits per heavy atom. The van der Waals surface area contributed by atoms with Gasteiger partial charge in [-0.1, -0.05) is 54.6 Å². The Morgan fingerprint density at radius 3 is 2.43 bits per heavy atom. The van der Waals surface area contributed by atoms with Gasteiger partial charge in [0, 0.05) is 25.2 Å². The average Bonchev–Trinajstić information content (AvgIpc) is 2.56. The molecule has 2 aromatic carbocycles. The summed E-state index contributed by atoms with van der Waals surface area (Å²) in [6, 6.07) is 16.9. The van der Waals surface area contributed by atoms with Crippen LogP contribution in [0.2, 0.25) is 0 Å². The van der Waals surface area contributed by atoms with Gasteiger partial charge in [0.1, 0.15) is 5.82 Å². The predicted molar refractivity (Wildman–Crippen MR) is 92.4 cm³/mol. The van der Waals surface area contributed by atoms with Gasteiger partial charge in [-0.05, 0) is 24.5 Å². The molecule has 0 heterocycles. The largest absolute Gasteiger partial charge is 0.392 e. The molecule has 122 valence electrons. The first-order chi connectivity index (χ1) is 11.2. The van der Waals surface area contributed by atoms with E-state index in [0.29, 0.717) is 31.6 Å². The highest BCUT2D eigenvalue weighted by molar-refractivity contribution is 5.18. The van der Waals surface area contributed by atoms with Crippen LogP contribution in [0.3, 0.4) is 0 Å². The number of aliphatic hydroxyl groups is 1. The van der Waals surface area contributed by atoms with E-state index in [2.05, 4.69) is 11.5 Å². The average molecular weight is 313 g/mol. The molecule has 0 fully saturated rings. The first-order valence-electron chi connectivity index (χ1n) is 7.97. The molecule has 0 unspecified atom stereocenters. The molecule has 1 N–H and O–H groups in total. The van der Waals surface area contributed by atoms with Crippen LogP contribution in [0.15, 0.2) is 67.3 Å². The molecule has 23 heavy (non-hydrogen) atoms. The van der Waals surface area contributed by atoms with E-state index in [4.69, 9.17) is 0 Å². The van der Waals surface area contributed by atoms with Gasteiger partial charge < -0.3 is 5.11 Å². The maximum Gasteiger partial charge on any atom is 0.127 e. The van der Waals surface area contributed by atoms with Crippen LogP contribution >= 0.6 is 0 Å². The topological polar surface area (TPSA) is 23.5 Å². The van der Waals surface area contributed by atoms with Gasteiger partial charge in [-0.3, -0.25) is 4.90 Å². The SMILES string of the molecule is C=CCC[C@@H](O)CN(Cc1ccccc1)Cc1ccccc1F. The van der Waals surface area contributed by atoms with Crippen molar-refractivity contribution < 1.29 is 9.50 Å². The van der Waals surface area contributed by atoms with Crippen molar-refractivity contribution in [3.8, 4) is 0 Å². The van der Waals surface area contributed by atoms with Crippen molar-refractivity contribution in [1.29, 1.82) is 0 Å². The highest BCUT2D eigenvalue weighted by atomic mass is 19.1. The molecule has 0 saturated carbocycles. The van der Waals surface area contributed by atoms with Crippen molar-refractivity contribution in [1.82, 2.24) is 4.90 Å². The summed E-state index contributed by atoms with van der Waals surface area (Å²) >= 11 is 0. The Kier molecular flexibility index (Phi) is 6.98. The first kappa shape index (κ1) is 17.4. The molecule has 0 spiro atoms. The number of allylic oxidation sites excluding steroid dienone is 1. The highest BCUT2D eigenvalue weighted by Crippen LogP contribution is 2.14. The smallest absolute Gasteiger partial charge is 0.127 e. The van der Waals surface area contributed by atoms with Crippen LogP contribution in [0.25, 0.3) is 0 Å². The summed E-state index contributed by atoms with van der Waals surface area (Å²) in [5, 5.41) is 10.2. The Hall–Kier alpha value is -1.97. The summed E-state index contributed by atoms with van der Waals surface area (Å²) in [7, 11) is 0. The number of nitrogens with zero attached hydrogens (tertiary/aromatic N) is 1. The third kappa shape index (κ3) is 5.97. The maximum atomic E-state index is 13.9. The lowest BCUT2D eigenvalue weighted by Gasteiger charge is -2.25. The highest BCUT2D eigenvalue weighted by Gasteiger charge is 2.14. The van der Waals surface area contributed by atoms with Crippen molar-refractivity contribution in [3.63, 3.8) is 0 Å². The summed E-state index contributed by atoms with van der Waals surface area (Å²) in [6.45, 7) is 5.36. The lowest BCUT2D eigenvalue weighted by molar-refractivity contribution is 0.0977. The maximum absolute atomic E-state index is 13.9. The minimum Gasteiger partial charge on any atom is -0.392 e. The Bertz CT molecular complexity index is 600. The van der Waals surface area contributed by atoms with Gasteiger partial charge in [0.25, 0.3) is 0 Å². The molecule has 0 bridgehead atoms. The van der Waals surface area contributed by atoms with Crippen molar-refractivity contribution in [3.05, 3.63) is 84.2 Å². The van der Waals surface area contributed by atoms with E-state index in [1.165, 1.54) is 6.07 Å². The van der Waals surface area contributed by atoms with Crippen LogP contribution in [0.4, 0.5) is 4.39 Å². The van der Waals surface area contributed by atoms with Crippen molar-refractivity contribution >= 4 is 0 Å². The van der Waals surface area contributed by atoms with E-state index in [-0.39, 0.29) is 5.82 Å². The summed E-state index contributed by atoms with van der Waals surface area (Å²) in [5.74, 6) is -0.203. The minimum absolute atomic E-state index is 0.203. The number of aliphatic hydroxyl groups excluding tert-OH is 1. The van der Waals surface area contributed by atoms with Crippen molar-refractivity contribution in [2.75, 3.05) is 6.54 Å². The zero-order chi connectivity index (χ0) is 16.5. The minimum atomic E-state index is -0.441. The zero-order valence-electron chi connectivity index (χ0n) is 13.4. The van der Waals surface area contributed by atoms with E-state index >= 15 is 0 Å². The van der Waals surface area contributed by atoms with E-state index in [0.717, 1.165) is 12.0 Å². The molecule has 2 aromatic rings. The number of hydrogen-bond acceptors (Lipinski definition) is 2. The normalized spacial score (nSPS) is 12.3. The third-order valence-electron chi connectivity index (χ3n) is 3.77. The lowest BCUT2D eigenvalue weighted by atomic mass is 10.1. The zero-order valence-corrected chi connectivity index (χ0v) is 13.4. The second-order valence-corrected chi connectivity index (χ2v) is 5.77. The van der Waals surface area contributed by atoms with E-state index < -0.39 is 6.10 Å². The predicted octanol–water partition coefficient (Wildman–Crippen LogP) is 4.16. The lowest BCUT2D eigenvalue weighted by Crippen LogP contribution is -2.32. The summed E-state index contributed by atoms with van der Waals surface area (Å²) < 4.78 is 13.9. The number of benzene rings is 2. The second kappa shape index (κ2) is 9.23. The van der Waals surface area contributed by atoms with Gasteiger partial charge in [-0.25, -0.2) is 4.39 Å². The molecule has 2 rings (SSSR count). The van der Waals surface area contributed by atoms with Gasteiger partial charge in [0.15, 0.2) is 0 Å². The molecule has 0 aromatic heterocycles. The van der Waals surface area contributed by atoms with Crippen LogP contribution < -0.4 is 0 Å². The summed E-state index contributed by atoms with van der Waals surface area (Å²) in [4.78, 5) is 2.08. The Labute approximate surface area is 137 Å². The molecule has 0 aliphatic carbocycles. The Morgan fingerprint density at radius 2 is 1.74 bits per heavy atom. The molecular weight excluding hydrogens is 289 g/mol. The van der Waals surface area contributed by atoms with Crippen molar-refractivity contribution in [2.45, 2.75) is 32.0 Å². The number of rotatable bonds is 9. The molecular formula is C20H24FNO. The summed E-state index contributed by atoms with van der Waals surface area (Å²) in [5.41, 5.74) is 1.80. The molecule has 0 radical (unpaired) electrons. The van der Waals surface area contributed by atoms with Crippen LogP contribution in [0.5, 0.6) is 0 Å². The monoisotopic (exact) mass is 313 g/mol. The quantitative estimate of drug-likeness (QED) is 0.703. The van der Waals surface area contributed by atoms with E-state index in [1.54, 1.807) is 12.1 Å². The first-order valence-corrected chi connectivity index (χ1v) is 7.97. The molecule has 2 nitrogen and oxygen atoms in total. The number of hydrogen-bond donors (Lipinski definition) is 1. The van der Waals surface area contributed by atoms with E-state index in [9.17, 15) is 9.50 Å². The van der Waals surface area contributed by atoms with Crippen molar-refractivity contribution in [2.24, 2.45) is 0 Å². The van der Waals surface area contributed by atoms with Gasteiger partial charge >= 0.3 is 0 Å². The molecule has 0 aliphatic heterocycles. The van der Waals surface area contributed by atoms with Crippen LogP contribution in [-0.2, 0) is 13.1 Å². The molecule has 0 saturated heterocycles. The fraction of sp³-hybridized carbons (Fsp3) is 0.300. The molecule has 3 heteroatoms. The van der Waals surface area contributed by atoms with Gasteiger partial charge in [0.2, 0.25) is 0 Å². The van der Waals surface area contributed by atoms with Gasteiger partial charge in [-0.15, -0.1) is 6.58 Å². The number of halogens is 1. The third-order valence-corrected chi connectivity index (χ3v) is 3.77.